The number of carbonyl (C=O) groups excluding carboxylic acids is 2. The molecule has 0 saturated heterocycles. The highest BCUT2D eigenvalue weighted by Gasteiger charge is 2.40. The molecule has 1 aromatic heterocycles. The van der Waals surface area contributed by atoms with Gasteiger partial charge in [-0.25, -0.2) is 9.07 Å². The number of nitrogens with zero attached hydrogens (tertiary/aromatic N) is 3. The summed E-state index contributed by atoms with van der Waals surface area (Å²) in [7, 11) is 0. The summed E-state index contributed by atoms with van der Waals surface area (Å²) in [6.45, 7) is 10.7. The number of carbonyl (C=O) groups is 2. The third-order valence-electron chi connectivity index (χ3n) is 6.10. The van der Waals surface area contributed by atoms with Gasteiger partial charge in [0.2, 0.25) is 11.8 Å². The van der Waals surface area contributed by atoms with E-state index >= 15 is 0 Å². The second-order valence-electron chi connectivity index (χ2n) is 10.2. The number of benzene rings is 2. The van der Waals surface area contributed by atoms with E-state index in [-0.39, 0.29) is 40.6 Å². The average Bonchev–Trinajstić information content (AvgIpc) is 3.16. The topological polar surface area (TPSA) is 67.2 Å². The van der Waals surface area contributed by atoms with Crippen LogP contribution in [-0.4, -0.2) is 40.4 Å². The van der Waals surface area contributed by atoms with E-state index < -0.39 is 0 Å². The van der Waals surface area contributed by atoms with E-state index in [1.54, 1.807) is 15.6 Å². The first kappa shape index (κ1) is 25.9. The predicted octanol–water partition coefficient (Wildman–Crippen LogP) is 5.31. The molecule has 3 aromatic rings. The number of halogens is 1. The lowest BCUT2D eigenvalue weighted by Gasteiger charge is -2.24. The van der Waals surface area contributed by atoms with Crippen molar-refractivity contribution in [3.63, 3.8) is 0 Å². The summed E-state index contributed by atoms with van der Waals surface area (Å²) in [6, 6.07) is 14.4. The second-order valence-corrected chi connectivity index (χ2v) is 11.3. The first-order valence-corrected chi connectivity index (χ1v) is 13.3. The lowest BCUT2D eigenvalue weighted by Crippen LogP contribution is -2.42. The first-order chi connectivity index (χ1) is 17.1. The van der Waals surface area contributed by atoms with Gasteiger partial charge in [-0.2, -0.15) is 5.10 Å². The molecule has 1 aliphatic rings. The van der Waals surface area contributed by atoms with Crippen LogP contribution in [0.25, 0.3) is 5.69 Å². The van der Waals surface area contributed by atoms with Gasteiger partial charge in [-0.15, -0.1) is 11.8 Å². The van der Waals surface area contributed by atoms with Crippen molar-refractivity contribution < 1.29 is 14.0 Å². The van der Waals surface area contributed by atoms with Crippen LogP contribution in [0.2, 0.25) is 0 Å². The lowest BCUT2D eigenvalue weighted by atomic mass is 9.87. The molecule has 0 radical (unpaired) electrons. The fraction of sp³-hybridized carbons (Fsp3) is 0.393. The van der Waals surface area contributed by atoms with Gasteiger partial charge < -0.3 is 5.32 Å². The van der Waals surface area contributed by atoms with Crippen molar-refractivity contribution in [3.05, 3.63) is 76.7 Å². The maximum atomic E-state index is 14.3. The zero-order valence-corrected chi connectivity index (χ0v) is 22.3. The molecule has 0 saturated carbocycles. The number of amides is 2. The Morgan fingerprint density at radius 3 is 2.56 bits per heavy atom. The van der Waals surface area contributed by atoms with Crippen molar-refractivity contribution >= 4 is 29.4 Å². The quantitative estimate of drug-likeness (QED) is 0.490. The van der Waals surface area contributed by atoms with Gasteiger partial charge in [0.15, 0.2) is 0 Å². The van der Waals surface area contributed by atoms with Crippen LogP contribution in [0.1, 0.15) is 61.7 Å². The Morgan fingerprint density at radius 1 is 1.19 bits per heavy atom. The van der Waals surface area contributed by atoms with Gasteiger partial charge in [-0.1, -0.05) is 57.5 Å². The van der Waals surface area contributed by atoms with Crippen molar-refractivity contribution in [1.29, 1.82) is 0 Å². The van der Waals surface area contributed by atoms with Crippen molar-refractivity contribution in [3.8, 4) is 5.69 Å². The number of aromatic nitrogens is 2. The molecule has 8 heteroatoms. The Labute approximate surface area is 216 Å². The third-order valence-corrected chi connectivity index (χ3v) is 7.36. The van der Waals surface area contributed by atoms with Crippen LogP contribution in [0.4, 0.5) is 10.2 Å². The highest BCUT2D eigenvalue weighted by Crippen LogP contribution is 2.48. The Kier molecular flexibility index (Phi) is 7.54. The minimum Gasteiger partial charge on any atom is -0.355 e. The molecule has 1 unspecified atom stereocenters. The number of rotatable bonds is 6. The predicted molar refractivity (Wildman–Crippen MR) is 143 cm³/mol. The van der Waals surface area contributed by atoms with Gasteiger partial charge in [-0.05, 0) is 43.2 Å². The van der Waals surface area contributed by atoms with Crippen LogP contribution >= 0.6 is 11.8 Å². The van der Waals surface area contributed by atoms with Gasteiger partial charge in [-0.3, -0.25) is 14.5 Å². The van der Waals surface area contributed by atoms with E-state index in [9.17, 15) is 14.0 Å². The van der Waals surface area contributed by atoms with E-state index in [0.717, 1.165) is 34.5 Å². The minimum atomic E-state index is -0.365. The van der Waals surface area contributed by atoms with E-state index in [1.807, 2.05) is 44.2 Å². The summed E-state index contributed by atoms with van der Waals surface area (Å²) in [4.78, 5) is 27.9. The summed E-state index contributed by atoms with van der Waals surface area (Å²) >= 11 is 1.44. The molecular formula is C28H33FN4O2S. The van der Waals surface area contributed by atoms with Crippen molar-refractivity contribution in [2.24, 2.45) is 0 Å². The Balaban J connectivity index is 1.99. The van der Waals surface area contributed by atoms with Gasteiger partial charge in [0.25, 0.3) is 0 Å². The Morgan fingerprint density at radius 2 is 1.92 bits per heavy atom. The summed E-state index contributed by atoms with van der Waals surface area (Å²) < 4.78 is 16.1. The Bertz CT molecular complexity index is 1260. The number of aryl methyl sites for hydroxylation is 1. The van der Waals surface area contributed by atoms with Crippen LogP contribution < -0.4 is 10.2 Å². The zero-order valence-electron chi connectivity index (χ0n) is 21.5. The maximum Gasteiger partial charge on any atom is 0.240 e. The molecule has 0 fully saturated rings. The molecule has 4 rings (SSSR count). The van der Waals surface area contributed by atoms with Crippen molar-refractivity contribution in [2.75, 3.05) is 23.7 Å². The summed E-state index contributed by atoms with van der Waals surface area (Å²) in [5, 5.41) is 7.61. The molecule has 0 spiro atoms. The highest BCUT2D eigenvalue weighted by molar-refractivity contribution is 8.00. The van der Waals surface area contributed by atoms with E-state index in [1.165, 1.54) is 23.9 Å². The zero-order chi connectivity index (χ0) is 26.0. The van der Waals surface area contributed by atoms with Crippen molar-refractivity contribution in [1.82, 2.24) is 15.1 Å². The standard InChI is InChI=1S/C28H33FN4O2S/c1-6-14-30-22(34)16-32-23(35)17-36-25(19-8-7-9-20(29)15-19)24-26(28(3,4)5)31-33(27(24)32)21-12-10-18(2)11-13-21/h7-13,15,25H,6,14,16-17H2,1-5H3,(H,30,34). The highest BCUT2D eigenvalue weighted by atomic mass is 32.2. The van der Waals surface area contributed by atoms with Crippen LogP contribution in [0.5, 0.6) is 0 Å². The van der Waals surface area contributed by atoms with Gasteiger partial charge in [0, 0.05) is 17.5 Å². The molecule has 0 bridgehead atoms. The number of hydrogen-bond acceptors (Lipinski definition) is 4. The molecular weight excluding hydrogens is 475 g/mol. The molecule has 1 aliphatic heterocycles. The molecule has 2 amide bonds. The summed E-state index contributed by atoms with van der Waals surface area (Å²) in [6.07, 6.45) is 0.803. The molecule has 6 nitrogen and oxygen atoms in total. The van der Waals surface area contributed by atoms with Crippen LogP contribution in [0.3, 0.4) is 0 Å². The first-order valence-electron chi connectivity index (χ1n) is 12.2. The minimum absolute atomic E-state index is 0.108. The maximum absolute atomic E-state index is 14.3. The molecule has 1 atom stereocenters. The average molecular weight is 509 g/mol. The normalized spacial score (nSPS) is 16.0. The van der Waals surface area contributed by atoms with Crippen molar-refractivity contribution in [2.45, 2.75) is 51.7 Å². The number of thioether (sulfide) groups is 1. The fourth-order valence-corrected chi connectivity index (χ4v) is 5.52. The molecule has 1 N–H and O–H groups in total. The van der Waals surface area contributed by atoms with E-state index in [4.69, 9.17) is 5.10 Å². The molecule has 36 heavy (non-hydrogen) atoms. The van der Waals surface area contributed by atoms with Gasteiger partial charge in [0.05, 0.1) is 22.4 Å². The number of nitrogens with one attached hydrogen (secondary N) is 1. The molecule has 0 aliphatic carbocycles. The third kappa shape index (κ3) is 5.33. The Hall–Kier alpha value is -3.13. The monoisotopic (exact) mass is 508 g/mol. The van der Waals surface area contributed by atoms with Gasteiger partial charge in [0.1, 0.15) is 18.2 Å². The number of hydrogen-bond donors (Lipinski definition) is 1. The summed E-state index contributed by atoms with van der Waals surface area (Å²) in [5.74, 6) is -0.00205. The fourth-order valence-electron chi connectivity index (χ4n) is 4.34. The van der Waals surface area contributed by atoms with Crippen LogP contribution in [-0.2, 0) is 15.0 Å². The molecule has 190 valence electrons. The molecule has 2 aromatic carbocycles. The smallest absolute Gasteiger partial charge is 0.240 e. The SMILES string of the molecule is CCCNC(=O)CN1C(=O)CSC(c2cccc(F)c2)c2c(C(C)(C)C)nn(-c3ccc(C)cc3)c21. The van der Waals surface area contributed by atoms with E-state index in [0.29, 0.717) is 12.4 Å². The van der Waals surface area contributed by atoms with Gasteiger partial charge >= 0.3 is 0 Å². The molecule has 2 heterocycles. The number of anilines is 1. The van der Waals surface area contributed by atoms with Crippen LogP contribution in [0.15, 0.2) is 48.5 Å². The number of fused-ring (bicyclic) bond motifs is 1. The van der Waals surface area contributed by atoms with Crippen LogP contribution in [0, 0.1) is 12.7 Å². The largest absolute Gasteiger partial charge is 0.355 e. The summed E-state index contributed by atoms with van der Waals surface area (Å²) in [5.41, 5.74) is 3.95. The second kappa shape index (κ2) is 10.5. The lowest BCUT2D eigenvalue weighted by molar-refractivity contribution is -0.122. The van der Waals surface area contributed by atoms with E-state index in [2.05, 4.69) is 26.1 Å².